The minimum Gasteiger partial charge on any atom is -0.342 e. The molecule has 3 rings (SSSR count). The summed E-state index contributed by atoms with van der Waals surface area (Å²) >= 11 is 0. The number of aromatic nitrogens is 1. The molecule has 1 aromatic carbocycles. The molecule has 2 heterocycles. The lowest BCUT2D eigenvalue weighted by Crippen LogP contribution is -2.30. The number of hydrogen-bond donors (Lipinski definition) is 1. The molecule has 3 nitrogen and oxygen atoms in total. The van der Waals surface area contributed by atoms with Crippen LogP contribution < -0.4 is 5.32 Å². The average molecular weight is 286 g/mol. The Morgan fingerprint density at radius 1 is 1.29 bits per heavy atom. The molecule has 0 atom stereocenters. The van der Waals surface area contributed by atoms with Crippen molar-refractivity contribution in [3.63, 3.8) is 0 Å². The van der Waals surface area contributed by atoms with Crippen LogP contribution in [0.1, 0.15) is 40.5 Å². The van der Waals surface area contributed by atoms with Crippen LogP contribution in [0, 0.1) is 12.7 Å². The molecular weight excluding hydrogens is 267 g/mol. The predicted octanol–water partition coefficient (Wildman–Crippen LogP) is 3.09. The Morgan fingerprint density at radius 3 is 2.76 bits per heavy atom. The van der Waals surface area contributed by atoms with Gasteiger partial charge in [-0.2, -0.15) is 0 Å². The first-order valence-electron chi connectivity index (χ1n) is 7.34. The molecule has 1 saturated heterocycles. The van der Waals surface area contributed by atoms with Gasteiger partial charge in [-0.25, -0.2) is 4.39 Å². The molecule has 1 aliphatic rings. The molecule has 0 aliphatic carbocycles. The minimum absolute atomic E-state index is 0.110. The number of nitrogens with one attached hydrogen (secondary N) is 1. The Morgan fingerprint density at radius 2 is 2.05 bits per heavy atom. The van der Waals surface area contributed by atoms with E-state index in [9.17, 15) is 9.18 Å². The van der Waals surface area contributed by atoms with Crippen molar-refractivity contribution in [2.45, 2.75) is 25.8 Å². The lowest BCUT2D eigenvalue weighted by molar-refractivity contribution is 0.102. The Balaban J connectivity index is 1.93. The van der Waals surface area contributed by atoms with E-state index in [1.165, 1.54) is 12.1 Å². The smallest absolute Gasteiger partial charge is 0.209 e. The summed E-state index contributed by atoms with van der Waals surface area (Å²) < 4.78 is 15.6. The molecule has 1 fully saturated rings. The van der Waals surface area contributed by atoms with Crippen LogP contribution in [-0.4, -0.2) is 23.4 Å². The molecule has 1 N–H and O–H groups in total. The highest BCUT2D eigenvalue weighted by molar-refractivity contribution is 6.08. The second-order valence-electron chi connectivity index (χ2n) is 5.63. The van der Waals surface area contributed by atoms with Gasteiger partial charge in [0, 0.05) is 17.8 Å². The van der Waals surface area contributed by atoms with Crippen LogP contribution in [0.5, 0.6) is 0 Å². The lowest BCUT2D eigenvalue weighted by Gasteiger charge is -2.25. The summed E-state index contributed by atoms with van der Waals surface area (Å²) in [5.41, 5.74) is 1.83. The van der Waals surface area contributed by atoms with Gasteiger partial charge in [-0.05, 0) is 68.8 Å². The quantitative estimate of drug-likeness (QED) is 0.880. The first-order valence-corrected chi connectivity index (χ1v) is 7.34. The van der Waals surface area contributed by atoms with Crippen LogP contribution >= 0.6 is 0 Å². The van der Waals surface area contributed by atoms with Crippen molar-refractivity contribution in [3.05, 3.63) is 59.2 Å². The molecule has 0 spiro atoms. The molecule has 0 bridgehead atoms. The fraction of sp³-hybridized carbons (Fsp3) is 0.353. The third-order valence-electron chi connectivity index (χ3n) is 4.02. The van der Waals surface area contributed by atoms with Gasteiger partial charge in [-0.15, -0.1) is 0 Å². The molecule has 1 aliphatic heterocycles. The number of hydrogen-bond acceptors (Lipinski definition) is 2. The maximum absolute atomic E-state index is 13.5. The van der Waals surface area contributed by atoms with Crippen molar-refractivity contribution in [1.82, 2.24) is 9.88 Å². The molecule has 0 radical (unpaired) electrons. The number of halogens is 1. The third kappa shape index (κ3) is 2.90. The molecule has 0 amide bonds. The van der Waals surface area contributed by atoms with Crippen molar-refractivity contribution < 1.29 is 9.18 Å². The Bertz CT molecular complexity index is 636. The van der Waals surface area contributed by atoms with Gasteiger partial charge in [0.1, 0.15) is 5.82 Å². The van der Waals surface area contributed by atoms with E-state index in [0.717, 1.165) is 31.5 Å². The predicted molar refractivity (Wildman–Crippen MR) is 80.1 cm³/mol. The minimum atomic E-state index is -0.363. The van der Waals surface area contributed by atoms with Crippen molar-refractivity contribution in [2.75, 3.05) is 13.1 Å². The molecule has 2 aromatic rings. The number of aryl methyl sites for hydroxylation is 1. The highest BCUT2D eigenvalue weighted by Gasteiger charge is 2.21. The van der Waals surface area contributed by atoms with E-state index in [1.807, 2.05) is 22.9 Å². The zero-order chi connectivity index (χ0) is 14.8. The number of rotatable bonds is 3. The third-order valence-corrected chi connectivity index (χ3v) is 4.02. The van der Waals surface area contributed by atoms with Crippen molar-refractivity contribution in [1.29, 1.82) is 0 Å². The number of piperidine rings is 1. The molecule has 110 valence electrons. The molecule has 21 heavy (non-hydrogen) atoms. The summed E-state index contributed by atoms with van der Waals surface area (Å²) in [4.78, 5) is 12.7. The van der Waals surface area contributed by atoms with Crippen molar-refractivity contribution >= 4 is 5.78 Å². The monoisotopic (exact) mass is 286 g/mol. The molecule has 1 aromatic heterocycles. The number of benzene rings is 1. The van der Waals surface area contributed by atoms with Crippen LogP contribution in [0.25, 0.3) is 0 Å². The second kappa shape index (κ2) is 5.82. The first-order chi connectivity index (χ1) is 10.1. The Labute approximate surface area is 123 Å². The van der Waals surface area contributed by atoms with Crippen LogP contribution in [-0.2, 0) is 0 Å². The summed E-state index contributed by atoms with van der Waals surface area (Å²) in [5.74, 6) is -0.473. The van der Waals surface area contributed by atoms with Gasteiger partial charge in [-0.3, -0.25) is 4.79 Å². The van der Waals surface area contributed by atoms with Gasteiger partial charge in [0.2, 0.25) is 5.78 Å². The van der Waals surface area contributed by atoms with Crippen molar-refractivity contribution in [2.24, 2.45) is 0 Å². The van der Waals surface area contributed by atoms with Gasteiger partial charge in [-0.1, -0.05) is 0 Å². The van der Waals surface area contributed by atoms with E-state index in [4.69, 9.17) is 0 Å². The van der Waals surface area contributed by atoms with Gasteiger partial charge in [0.25, 0.3) is 0 Å². The maximum atomic E-state index is 13.5. The second-order valence-corrected chi connectivity index (χ2v) is 5.63. The summed E-state index contributed by atoms with van der Waals surface area (Å²) in [6, 6.07) is 8.55. The molecule has 0 unspecified atom stereocenters. The normalized spacial score (nSPS) is 16.1. The van der Waals surface area contributed by atoms with E-state index < -0.39 is 0 Å². The van der Waals surface area contributed by atoms with Crippen LogP contribution in [0.15, 0.2) is 36.5 Å². The topological polar surface area (TPSA) is 34.0 Å². The fourth-order valence-corrected chi connectivity index (χ4v) is 3.00. The number of nitrogens with zero attached hydrogens (tertiary/aromatic N) is 1. The number of carbonyl (C=O) groups is 1. The van der Waals surface area contributed by atoms with E-state index in [1.54, 1.807) is 13.0 Å². The standard InChI is InChI=1S/C17H19FN2O/c1-12-9-13(11-14(18)10-12)17(21)16-3-2-8-20(16)15-4-6-19-7-5-15/h2-3,8-11,15,19H,4-7H2,1H3. The fourth-order valence-electron chi connectivity index (χ4n) is 3.00. The molecule has 0 saturated carbocycles. The summed E-state index contributed by atoms with van der Waals surface area (Å²) in [6.07, 6.45) is 3.98. The molecular formula is C17H19FN2O. The number of ketones is 1. The maximum Gasteiger partial charge on any atom is 0.209 e. The molecule has 4 heteroatoms. The first kappa shape index (κ1) is 14.0. The van der Waals surface area contributed by atoms with E-state index in [-0.39, 0.29) is 11.6 Å². The van der Waals surface area contributed by atoms with E-state index >= 15 is 0 Å². The Hall–Kier alpha value is -1.94. The highest BCUT2D eigenvalue weighted by atomic mass is 19.1. The van der Waals surface area contributed by atoms with E-state index in [2.05, 4.69) is 5.32 Å². The van der Waals surface area contributed by atoms with Gasteiger partial charge in [0.05, 0.1) is 5.69 Å². The largest absolute Gasteiger partial charge is 0.342 e. The average Bonchev–Trinajstić information content (AvgIpc) is 2.95. The zero-order valence-electron chi connectivity index (χ0n) is 12.1. The van der Waals surface area contributed by atoms with Crippen LogP contribution in [0.4, 0.5) is 4.39 Å². The SMILES string of the molecule is Cc1cc(F)cc(C(=O)c2cccn2C2CCNCC2)c1. The number of carbonyl (C=O) groups excluding carboxylic acids is 1. The van der Waals surface area contributed by atoms with Crippen molar-refractivity contribution in [3.8, 4) is 0 Å². The lowest BCUT2D eigenvalue weighted by atomic mass is 10.0. The van der Waals surface area contributed by atoms with Crippen LogP contribution in [0.3, 0.4) is 0 Å². The summed E-state index contributed by atoms with van der Waals surface area (Å²) in [6.45, 7) is 3.73. The Kier molecular flexibility index (Phi) is 3.88. The van der Waals surface area contributed by atoms with Gasteiger partial charge >= 0.3 is 0 Å². The van der Waals surface area contributed by atoms with E-state index in [0.29, 0.717) is 17.3 Å². The zero-order valence-corrected chi connectivity index (χ0v) is 12.1. The van der Waals surface area contributed by atoms with Gasteiger partial charge < -0.3 is 9.88 Å². The summed E-state index contributed by atoms with van der Waals surface area (Å²) in [5, 5.41) is 3.32. The highest BCUT2D eigenvalue weighted by Crippen LogP contribution is 2.23. The summed E-state index contributed by atoms with van der Waals surface area (Å²) in [7, 11) is 0. The van der Waals surface area contributed by atoms with Gasteiger partial charge in [0.15, 0.2) is 0 Å². The van der Waals surface area contributed by atoms with Crippen LogP contribution in [0.2, 0.25) is 0 Å².